The highest BCUT2D eigenvalue weighted by Gasteiger charge is 2.16. The van der Waals surface area contributed by atoms with E-state index in [1.54, 1.807) is 12.1 Å². The highest BCUT2D eigenvalue weighted by Crippen LogP contribution is 2.40. The summed E-state index contributed by atoms with van der Waals surface area (Å²) in [4.78, 5) is 0. The molecular weight excluding hydrogens is 248 g/mol. The van der Waals surface area contributed by atoms with Crippen LogP contribution in [-0.4, -0.2) is 13.4 Å². The maximum Gasteiger partial charge on any atom is 0.231 e. The lowest BCUT2D eigenvalue weighted by atomic mass is 10.3. The molecule has 1 aliphatic rings. The van der Waals surface area contributed by atoms with Crippen LogP contribution in [0.4, 0.5) is 0 Å². The quantitative estimate of drug-likeness (QED) is 0.779. The van der Waals surface area contributed by atoms with Crippen molar-refractivity contribution >= 4 is 15.9 Å². The van der Waals surface area contributed by atoms with Crippen molar-refractivity contribution in [3.05, 3.63) is 29.3 Å². The third kappa shape index (κ3) is 1.70. The van der Waals surface area contributed by atoms with Gasteiger partial charge in [0.2, 0.25) is 6.79 Å². The molecule has 0 spiro atoms. The zero-order valence-corrected chi connectivity index (χ0v) is 9.04. The van der Waals surface area contributed by atoms with Gasteiger partial charge in [-0.15, -0.1) is 0 Å². The Morgan fingerprint density at radius 1 is 1.43 bits per heavy atom. The van der Waals surface area contributed by atoms with Crippen LogP contribution < -0.4 is 14.2 Å². The monoisotopic (exact) mass is 256 g/mol. The molecule has 1 aromatic carbocycles. The molecule has 0 aliphatic carbocycles. The first-order chi connectivity index (χ1) is 6.81. The standard InChI is InChI=1S/C10H9BrO3/c1-2-3-12-8-5-10-9(4-7(8)11)13-6-14-10/h2,4-5H,1,3,6H2. The fourth-order valence-corrected chi connectivity index (χ4v) is 1.59. The lowest BCUT2D eigenvalue weighted by Gasteiger charge is -2.06. The molecule has 0 radical (unpaired) electrons. The third-order valence-corrected chi connectivity index (χ3v) is 2.40. The Labute approximate surface area is 90.4 Å². The van der Waals surface area contributed by atoms with E-state index in [9.17, 15) is 0 Å². The molecule has 1 heterocycles. The van der Waals surface area contributed by atoms with Gasteiger partial charge in [0.15, 0.2) is 11.5 Å². The van der Waals surface area contributed by atoms with Crippen molar-refractivity contribution < 1.29 is 14.2 Å². The summed E-state index contributed by atoms with van der Waals surface area (Å²) < 4.78 is 16.7. The van der Waals surface area contributed by atoms with Gasteiger partial charge in [-0.05, 0) is 15.9 Å². The van der Waals surface area contributed by atoms with E-state index in [2.05, 4.69) is 22.5 Å². The van der Waals surface area contributed by atoms with Crippen molar-refractivity contribution in [1.29, 1.82) is 0 Å². The topological polar surface area (TPSA) is 27.7 Å². The number of rotatable bonds is 3. The van der Waals surface area contributed by atoms with Crippen molar-refractivity contribution in [1.82, 2.24) is 0 Å². The summed E-state index contributed by atoms with van der Waals surface area (Å²) in [5.41, 5.74) is 0. The van der Waals surface area contributed by atoms with Gasteiger partial charge in [0.1, 0.15) is 12.4 Å². The Kier molecular flexibility index (Phi) is 2.63. The molecule has 0 bridgehead atoms. The first-order valence-electron chi connectivity index (χ1n) is 4.14. The molecule has 0 saturated heterocycles. The molecule has 74 valence electrons. The fourth-order valence-electron chi connectivity index (χ4n) is 1.16. The highest BCUT2D eigenvalue weighted by molar-refractivity contribution is 9.10. The Morgan fingerprint density at radius 2 is 2.14 bits per heavy atom. The van der Waals surface area contributed by atoms with Crippen LogP contribution in [0, 0.1) is 0 Å². The zero-order chi connectivity index (χ0) is 9.97. The predicted octanol–water partition coefficient (Wildman–Crippen LogP) is 2.74. The van der Waals surface area contributed by atoms with Gasteiger partial charge in [0, 0.05) is 12.1 Å². The minimum atomic E-state index is 0.271. The van der Waals surface area contributed by atoms with Gasteiger partial charge in [-0.1, -0.05) is 12.7 Å². The van der Waals surface area contributed by atoms with E-state index < -0.39 is 0 Å². The molecule has 14 heavy (non-hydrogen) atoms. The third-order valence-electron chi connectivity index (χ3n) is 1.78. The summed E-state index contributed by atoms with van der Waals surface area (Å²) in [6.07, 6.45) is 1.69. The molecule has 0 amide bonds. The van der Waals surface area contributed by atoms with Gasteiger partial charge in [-0.25, -0.2) is 0 Å². The van der Waals surface area contributed by atoms with Crippen molar-refractivity contribution in [3.8, 4) is 17.2 Å². The predicted molar refractivity (Wildman–Crippen MR) is 56.0 cm³/mol. The number of hydrogen-bond donors (Lipinski definition) is 0. The van der Waals surface area contributed by atoms with Crippen LogP contribution in [0.3, 0.4) is 0 Å². The molecular formula is C10H9BrO3. The first-order valence-corrected chi connectivity index (χ1v) is 4.93. The second-order valence-electron chi connectivity index (χ2n) is 2.74. The molecule has 1 aliphatic heterocycles. The van der Waals surface area contributed by atoms with Gasteiger partial charge in [0.05, 0.1) is 4.47 Å². The molecule has 0 aromatic heterocycles. The van der Waals surface area contributed by atoms with E-state index >= 15 is 0 Å². The summed E-state index contributed by atoms with van der Waals surface area (Å²) in [6.45, 7) is 4.32. The van der Waals surface area contributed by atoms with Crippen LogP contribution in [-0.2, 0) is 0 Å². The zero-order valence-electron chi connectivity index (χ0n) is 7.46. The van der Waals surface area contributed by atoms with Crippen molar-refractivity contribution in [2.75, 3.05) is 13.4 Å². The maximum absolute atomic E-state index is 5.41. The molecule has 3 nitrogen and oxygen atoms in total. The number of ether oxygens (including phenoxy) is 3. The van der Waals surface area contributed by atoms with E-state index in [4.69, 9.17) is 14.2 Å². The smallest absolute Gasteiger partial charge is 0.231 e. The number of fused-ring (bicyclic) bond motifs is 1. The lowest BCUT2D eigenvalue weighted by Crippen LogP contribution is -1.93. The van der Waals surface area contributed by atoms with E-state index in [0.717, 1.165) is 16.0 Å². The Morgan fingerprint density at radius 3 is 2.86 bits per heavy atom. The second kappa shape index (κ2) is 3.92. The molecule has 2 rings (SSSR count). The Hall–Kier alpha value is -1.16. The molecule has 0 fully saturated rings. The average molecular weight is 257 g/mol. The van der Waals surface area contributed by atoms with Crippen LogP contribution in [0.15, 0.2) is 29.3 Å². The highest BCUT2D eigenvalue weighted by atomic mass is 79.9. The minimum absolute atomic E-state index is 0.271. The van der Waals surface area contributed by atoms with Crippen molar-refractivity contribution in [2.45, 2.75) is 0 Å². The van der Waals surface area contributed by atoms with Gasteiger partial charge < -0.3 is 14.2 Å². The summed E-state index contributed by atoms with van der Waals surface area (Å²) >= 11 is 3.39. The second-order valence-corrected chi connectivity index (χ2v) is 3.59. The minimum Gasteiger partial charge on any atom is -0.488 e. The van der Waals surface area contributed by atoms with Crippen LogP contribution in [0.2, 0.25) is 0 Å². The summed E-state index contributed by atoms with van der Waals surface area (Å²) in [5.74, 6) is 2.18. The molecule has 0 N–H and O–H groups in total. The Bertz CT molecular complexity index is 363. The van der Waals surface area contributed by atoms with E-state index in [1.807, 2.05) is 6.07 Å². The van der Waals surface area contributed by atoms with Crippen LogP contribution in [0.25, 0.3) is 0 Å². The van der Waals surface area contributed by atoms with Crippen molar-refractivity contribution in [2.24, 2.45) is 0 Å². The summed E-state index contributed by atoms with van der Waals surface area (Å²) in [6, 6.07) is 3.64. The maximum atomic E-state index is 5.41. The normalized spacial score (nSPS) is 12.6. The van der Waals surface area contributed by atoms with E-state index in [1.165, 1.54) is 0 Å². The summed E-state index contributed by atoms with van der Waals surface area (Å²) in [5, 5.41) is 0. The van der Waals surface area contributed by atoms with E-state index in [0.29, 0.717) is 12.4 Å². The molecule has 1 aromatic rings. The number of halogens is 1. The van der Waals surface area contributed by atoms with E-state index in [-0.39, 0.29) is 6.79 Å². The molecule has 4 heteroatoms. The fraction of sp³-hybridized carbons (Fsp3) is 0.200. The van der Waals surface area contributed by atoms with Crippen LogP contribution in [0.1, 0.15) is 0 Å². The van der Waals surface area contributed by atoms with Gasteiger partial charge in [-0.3, -0.25) is 0 Å². The van der Waals surface area contributed by atoms with Crippen molar-refractivity contribution in [3.63, 3.8) is 0 Å². The van der Waals surface area contributed by atoms with Crippen LogP contribution in [0.5, 0.6) is 17.2 Å². The SMILES string of the molecule is C=CCOc1cc2c(cc1Br)OCO2. The molecule has 0 atom stereocenters. The molecule has 0 saturated carbocycles. The Balaban J connectivity index is 2.27. The van der Waals surface area contributed by atoms with Gasteiger partial charge >= 0.3 is 0 Å². The largest absolute Gasteiger partial charge is 0.488 e. The van der Waals surface area contributed by atoms with Gasteiger partial charge in [0.25, 0.3) is 0 Å². The number of benzene rings is 1. The first kappa shape index (κ1) is 9.40. The number of hydrogen-bond acceptors (Lipinski definition) is 3. The lowest BCUT2D eigenvalue weighted by molar-refractivity contribution is 0.174. The average Bonchev–Trinajstić information content (AvgIpc) is 2.61. The molecule has 0 unspecified atom stereocenters. The van der Waals surface area contributed by atoms with Gasteiger partial charge in [-0.2, -0.15) is 0 Å². The summed E-state index contributed by atoms with van der Waals surface area (Å²) in [7, 11) is 0. The van der Waals surface area contributed by atoms with Crippen LogP contribution >= 0.6 is 15.9 Å².